The van der Waals surface area contributed by atoms with E-state index in [9.17, 15) is 4.79 Å². The fraction of sp³-hybridized carbons (Fsp3) is 0.833. The van der Waals surface area contributed by atoms with Gasteiger partial charge < -0.3 is 10.6 Å². The van der Waals surface area contributed by atoms with Gasteiger partial charge in [0.2, 0.25) is 5.91 Å². The van der Waals surface area contributed by atoms with Gasteiger partial charge in [-0.2, -0.15) is 12.6 Å². The zero-order valence-electron chi connectivity index (χ0n) is 5.79. The molecule has 0 bridgehead atoms. The number of amides is 1. The van der Waals surface area contributed by atoms with Crippen molar-refractivity contribution in [1.29, 1.82) is 0 Å². The standard InChI is InChI=1S/C6H12N2OS/c7-5-2-1-3-8(5)6(9)4-10/h5,10H,1-4,7H2. The van der Waals surface area contributed by atoms with Crippen molar-refractivity contribution < 1.29 is 4.79 Å². The molecule has 1 aliphatic rings. The fourth-order valence-corrected chi connectivity index (χ4v) is 1.37. The molecule has 0 saturated carbocycles. The molecule has 0 aromatic heterocycles. The van der Waals surface area contributed by atoms with Crippen LogP contribution in [0.1, 0.15) is 12.8 Å². The van der Waals surface area contributed by atoms with Crippen LogP contribution in [0.5, 0.6) is 0 Å². The van der Waals surface area contributed by atoms with Gasteiger partial charge >= 0.3 is 0 Å². The van der Waals surface area contributed by atoms with Crippen molar-refractivity contribution >= 4 is 18.5 Å². The molecule has 1 aliphatic heterocycles. The van der Waals surface area contributed by atoms with Gasteiger partial charge in [-0.1, -0.05) is 0 Å². The number of likely N-dealkylation sites (tertiary alicyclic amines) is 1. The SMILES string of the molecule is NC1CCCN1C(=O)CS. The number of hydrogen-bond donors (Lipinski definition) is 2. The van der Waals surface area contributed by atoms with Crippen LogP contribution in [-0.4, -0.2) is 29.3 Å². The monoisotopic (exact) mass is 160 g/mol. The topological polar surface area (TPSA) is 46.3 Å². The first-order valence-corrected chi connectivity index (χ1v) is 4.05. The van der Waals surface area contributed by atoms with Crippen LogP contribution in [0.4, 0.5) is 0 Å². The second-order valence-corrected chi connectivity index (χ2v) is 2.77. The van der Waals surface area contributed by atoms with E-state index in [1.54, 1.807) is 4.90 Å². The van der Waals surface area contributed by atoms with Gasteiger partial charge in [-0.15, -0.1) is 0 Å². The maximum atomic E-state index is 11.0. The third-order valence-electron chi connectivity index (χ3n) is 1.75. The van der Waals surface area contributed by atoms with Gasteiger partial charge in [-0.05, 0) is 12.8 Å². The second kappa shape index (κ2) is 3.25. The highest BCUT2D eigenvalue weighted by atomic mass is 32.1. The number of thiol groups is 1. The molecule has 1 heterocycles. The lowest BCUT2D eigenvalue weighted by Gasteiger charge is -2.19. The summed E-state index contributed by atoms with van der Waals surface area (Å²) in [5.41, 5.74) is 5.63. The van der Waals surface area contributed by atoms with Crippen LogP contribution in [0.2, 0.25) is 0 Å². The highest BCUT2D eigenvalue weighted by molar-refractivity contribution is 7.81. The van der Waals surface area contributed by atoms with Gasteiger partial charge in [0.1, 0.15) is 0 Å². The number of hydrogen-bond acceptors (Lipinski definition) is 3. The normalized spacial score (nSPS) is 25.4. The summed E-state index contributed by atoms with van der Waals surface area (Å²) in [5, 5.41) is 0. The Labute approximate surface area is 66.0 Å². The first kappa shape index (κ1) is 7.88. The van der Waals surface area contributed by atoms with Gasteiger partial charge in [0.15, 0.2) is 0 Å². The molecular weight excluding hydrogens is 148 g/mol. The average molecular weight is 160 g/mol. The molecule has 2 N–H and O–H groups in total. The van der Waals surface area contributed by atoms with Crippen molar-refractivity contribution in [2.75, 3.05) is 12.3 Å². The van der Waals surface area contributed by atoms with Crippen molar-refractivity contribution in [2.24, 2.45) is 5.73 Å². The zero-order chi connectivity index (χ0) is 7.56. The highest BCUT2D eigenvalue weighted by Crippen LogP contribution is 2.12. The Morgan fingerprint density at radius 1 is 1.80 bits per heavy atom. The Kier molecular flexibility index (Phi) is 2.56. The van der Waals surface area contributed by atoms with Crippen molar-refractivity contribution in [1.82, 2.24) is 4.90 Å². The Morgan fingerprint density at radius 3 is 2.90 bits per heavy atom. The molecule has 1 rings (SSSR count). The van der Waals surface area contributed by atoms with E-state index >= 15 is 0 Å². The molecule has 58 valence electrons. The summed E-state index contributed by atoms with van der Waals surface area (Å²) in [6, 6.07) is 0. The largest absolute Gasteiger partial charge is 0.327 e. The maximum absolute atomic E-state index is 11.0. The smallest absolute Gasteiger partial charge is 0.233 e. The highest BCUT2D eigenvalue weighted by Gasteiger charge is 2.23. The summed E-state index contributed by atoms with van der Waals surface area (Å²) < 4.78 is 0. The summed E-state index contributed by atoms with van der Waals surface area (Å²) in [6.07, 6.45) is 1.90. The summed E-state index contributed by atoms with van der Waals surface area (Å²) in [7, 11) is 0. The molecule has 4 heteroatoms. The van der Waals surface area contributed by atoms with Crippen LogP contribution in [0, 0.1) is 0 Å². The molecule has 0 spiro atoms. The van der Waals surface area contributed by atoms with E-state index in [-0.39, 0.29) is 17.8 Å². The molecule has 0 aromatic rings. The number of carbonyl (C=O) groups excluding carboxylic acids is 1. The molecule has 1 fully saturated rings. The maximum Gasteiger partial charge on any atom is 0.233 e. The van der Waals surface area contributed by atoms with Crippen LogP contribution in [-0.2, 0) is 4.79 Å². The average Bonchev–Trinajstić information content (AvgIpc) is 2.34. The fourth-order valence-electron chi connectivity index (χ4n) is 1.19. The summed E-state index contributed by atoms with van der Waals surface area (Å²) in [6.45, 7) is 0.806. The Balaban J connectivity index is 2.46. The van der Waals surface area contributed by atoms with Gasteiger partial charge in [0.05, 0.1) is 11.9 Å². The Morgan fingerprint density at radius 2 is 2.50 bits per heavy atom. The molecule has 1 unspecified atom stereocenters. The molecule has 10 heavy (non-hydrogen) atoms. The van der Waals surface area contributed by atoms with E-state index in [4.69, 9.17) is 5.73 Å². The number of nitrogens with zero attached hydrogens (tertiary/aromatic N) is 1. The van der Waals surface area contributed by atoms with Crippen molar-refractivity contribution in [3.05, 3.63) is 0 Å². The van der Waals surface area contributed by atoms with Crippen LogP contribution in [0.3, 0.4) is 0 Å². The van der Waals surface area contributed by atoms with Crippen molar-refractivity contribution in [3.8, 4) is 0 Å². The Hall–Kier alpha value is -0.220. The third kappa shape index (κ3) is 1.44. The van der Waals surface area contributed by atoms with Crippen molar-refractivity contribution in [2.45, 2.75) is 19.0 Å². The van der Waals surface area contributed by atoms with E-state index in [2.05, 4.69) is 12.6 Å². The third-order valence-corrected chi connectivity index (χ3v) is 2.03. The predicted molar refractivity (Wildman–Crippen MR) is 42.8 cm³/mol. The van der Waals surface area contributed by atoms with Crippen LogP contribution in [0.15, 0.2) is 0 Å². The van der Waals surface area contributed by atoms with E-state index < -0.39 is 0 Å². The van der Waals surface area contributed by atoms with E-state index in [1.807, 2.05) is 0 Å². The van der Waals surface area contributed by atoms with Gasteiger partial charge in [-0.3, -0.25) is 4.79 Å². The molecule has 1 amide bonds. The lowest BCUT2D eigenvalue weighted by molar-refractivity contribution is -0.129. The second-order valence-electron chi connectivity index (χ2n) is 2.45. The minimum absolute atomic E-state index is 0.0494. The molecular formula is C6H12N2OS. The predicted octanol–water partition coefficient (Wildman–Crippen LogP) is -0.177. The minimum atomic E-state index is -0.0559. The van der Waals surface area contributed by atoms with Gasteiger partial charge in [0, 0.05) is 6.54 Å². The summed E-state index contributed by atoms with van der Waals surface area (Å²) in [4.78, 5) is 12.7. The first-order chi connectivity index (χ1) is 4.75. The lowest BCUT2D eigenvalue weighted by atomic mass is 10.3. The number of rotatable bonds is 1. The van der Waals surface area contributed by atoms with E-state index in [0.29, 0.717) is 0 Å². The van der Waals surface area contributed by atoms with Gasteiger partial charge in [-0.25, -0.2) is 0 Å². The lowest BCUT2D eigenvalue weighted by Crippen LogP contribution is -2.41. The summed E-state index contributed by atoms with van der Waals surface area (Å²) >= 11 is 3.88. The Bertz CT molecular complexity index is 140. The van der Waals surface area contributed by atoms with Crippen LogP contribution < -0.4 is 5.73 Å². The zero-order valence-corrected chi connectivity index (χ0v) is 6.68. The van der Waals surface area contributed by atoms with E-state index in [1.165, 1.54) is 0 Å². The van der Waals surface area contributed by atoms with Crippen molar-refractivity contribution in [3.63, 3.8) is 0 Å². The summed E-state index contributed by atoms with van der Waals surface area (Å²) in [5.74, 6) is 0.321. The molecule has 3 nitrogen and oxygen atoms in total. The minimum Gasteiger partial charge on any atom is -0.327 e. The molecule has 0 aromatic carbocycles. The first-order valence-electron chi connectivity index (χ1n) is 3.41. The van der Waals surface area contributed by atoms with Gasteiger partial charge in [0.25, 0.3) is 0 Å². The molecule has 1 atom stereocenters. The van der Waals surface area contributed by atoms with E-state index in [0.717, 1.165) is 19.4 Å². The molecule has 0 radical (unpaired) electrons. The quantitative estimate of drug-likeness (QED) is 0.523. The number of carbonyl (C=O) groups is 1. The number of nitrogens with two attached hydrogens (primary N) is 1. The molecule has 1 saturated heterocycles. The van der Waals surface area contributed by atoms with Crippen LogP contribution >= 0.6 is 12.6 Å². The molecule has 0 aliphatic carbocycles. The van der Waals surface area contributed by atoms with Crippen LogP contribution in [0.25, 0.3) is 0 Å².